The highest BCUT2D eigenvalue weighted by Crippen LogP contribution is 2.42. The number of benzene rings is 3. The highest BCUT2D eigenvalue weighted by atomic mass is 31.2. The van der Waals surface area contributed by atoms with Gasteiger partial charge in [-0.2, -0.15) is 0 Å². The molecule has 0 atom stereocenters. The summed E-state index contributed by atoms with van der Waals surface area (Å²) >= 11 is 0. The molecule has 4 heteroatoms. The van der Waals surface area contributed by atoms with Crippen LogP contribution >= 0.6 is 7.14 Å². The Morgan fingerprint density at radius 2 is 0.913 bits per heavy atom. The highest BCUT2D eigenvalue weighted by Gasteiger charge is 2.29. The van der Waals surface area contributed by atoms with E-state index in [0.29, 0.717) is 15.9 Å². The van der Waals surface area contributed by atoms with Crippen molar-refractivity contribution in [3.05, 3.63) is 90.0 Å². The van der Waals surface area contributed by atoms with Crippen LogP contribution in [0.2, 0.25) is 0 Å². The first-order valence-corrected chi connectivity index (χ1v) is 8.90. The molecular weight excluding hydrogens is 313 g/mol. The minimum atomic E-state index is -3.17. The smallest absolute Gasteiger partial charge is 0.171 e. The molecule has 3 rings (SSSR count). The van der Waals surface area contributed by atoms with E-state index in [4.69, 9.17) is 0 Å². The maximum Gasteiger partial charge on any atom is 0.171 e. The Labute approximate surface area is 134 Å². The van der Waals surface area contributed by atoms with Crippen molar-refractivity contribution >= 4 is 23.1 Å². The van der Waals surface area contributed by atoms with Gasteiger partial charge in [0.25, 0.3) is 0 Å². The number of hydrogen-bond acceptors (Lipinski definition) is 1. The second kappa shape index (κ2) is 6.10. The molecule has 0 saturated carbocycles. The van der Waals surface area contributed by atoms with Crippen LogP contribution in [0.15, 0.2) is 72.8 Å². The molecule has 0 radical (unpaired) electrons. The highest BCUT2D eigenvalue weighted by molar-refractivity contribution is 7.85. The molecule has 0 fully saturated rings. The third-order valence-electron chi connectivity index (χ3n) is 3.78. The van der Waals surface area contributed by atoms with E-state index < -0.39 is 7.14 Å². The lowest BCUT2D eigenvalue weighted by molar-refractivity contribution is 0.592. The van der Waals surface area contributed by atoms with Crippen molar-refractivity contribution in [2.75, 3.05) is 0 Å². The van der Waals surface area contributed by atoms with Crippen LogP contribution in [0.5, 0.6) is 0 Å². The molecule has 0 saturated heterocycles. The first kappa shape index (κ1) is 15.6. The van der Waals surface area contributed by atoms with E-state index in [-0.39, 0.29) is 11.6 Å². The lowest BCUT2D eigenvalue weighted by atomic mass is 10.2. The maximum absolute atomic E-state index is 13.9. The van der Waals surface area contributed by atoms with Gasteiger partial charge in [0.15, 0.2) is 7.14 Å². The van der Waals surface area contributed by atoms with Crippen LogP contribution in [0.25, 0.3) is 0 Å². The van der Waals surface area contributed by atoms with Crippen LogP contribution in [-0.4, -0.2) is 0 Å². The third kappa shape index (κ3) is 2.97. The van der Waals surface area contributed by atoms with Crippen molar-refractivity contribution < 1.29 is 13.3 Å². The van der Waals surface area contributed by atoms with Crippen LogP contribution in [0.4, 0.5) is 8.78 Å². The van der Waals surface area contributed by atoms with Gasteiger partial charge in [-0.25, -0.2) is 8.78 Å². The number of rotatable bonds is 3. The monoisotopic (exact) mass is 328 g/mol. The summed E-state index contributed by atoms with van der Waals surface area (Å²) in [6.07, 6.45) is 0. The molecule has 3 aromatic rings. The molecule has 0 heterocycles. The third-order valence-corrected chi connectivity index (χ3v) is 6.85. The molecule has 3 aromatic carbocycles. The number of aryl methyl sites for hydroxylation is 1. The first-order valence-electron chi connectivity index (χ1n) is 7.20. The van der Waals surface area contributed by atoms with Gasteiger partial charge in [-0.1, -0.05) is 29.8 Å². The number of halogens is 2. The van der Waals surface area contributed by atoms with E-state index in [1.165, 1.54) is 48.5 Å². The molecule has 0 amide bonds. The van der Waals surface area contributed by atoms with Gasteiger partial charge in [0.2, 0.25) is 0 Å². The van der Waals surface area contributed by atoms with Crippen LogP contribution < -0.4 is 15.9 Å². The zero-order valence-corrected chi connectivity index (χ0v) is 13.4. The first-order chi connectivity index (χ1) is 11.0. The zero-order chi connectivity index (χ0) is 16.4. The molecule has 0 aliphatic rings. The summed E-state index contributed by atoms with van der Waals surface area (Å²) in [5, 5.41) is 1.69. The van der Waals surface area contributed by atoms with Crippen molar-refractivity contribution in [3.8, 4) is 0 Å². The summed E-state index contributed by atoms with van der Waals surface area (Å²) in [4.78, 5) is 0. The van der Waals surface area contributed by atoms with Crippen LogP contribution in [-0.2, 0) is 4.57 Å². The van der Waals surface area contributed by atoms with Gasteiger partial charge in [0.1, 0.15) is 11.6 Å². The fourth-order valence-corrected chi connectivity index (χ4v) is 5.11. The summed E-state index contributed by atoms with van der Waals surface area (Å²) in [6, 6.07) is 18.7. The molecular formula is C19H15F2OP. The van der Waals surface area contributed by atoms with Crippen LogP contribution in [0.3, 0.4) is 0 Å². The lowest BCUT2D eigenvalue weighted by Crippen LogP contribution is -2.25. The molecule has 0 aromatic heterocycles. The van der Waals surface area contributed by atoms with E-state index >= 15 is 0 Å². The van der Waals surface area contributed by atoms with Crippen molar-refractivity contribution in [3.63, 3.8) is 0 Å². The summed E-state index contributed by atoms with van der Waals surface area (Å²) in [6.45, 7) is 1.95. The Bertz CT molecular complexity index is 736. The average Bonchev–Trinajstić information content (AvgIpc) is 2.56. The molecule has 0 unspecified atom stereocenters. The van der Waals surface area contributed by atoms with Gasteiger partial charge >= 0.3 is 0 Å². The standard InChI is InChI=1S/C19H15F2OP/c1-14-2-8-17(9-3-14)23(22,18-10-4-15(20)5-11-18)19-12-6-16(21)7-13-19/h2-13H,1H3. The summed E-state index contributed by atoms with van der Waals surface area (Å²) in [5.74, 6) is -0.772. The van der Waals surface area contributed by atoms with Crippen LogP contribution in [0.1, 0.15) is 5.56 Å². The van der Waals surface area contributed by atoms with Gasteiger partial charge in [0.05, 0.1) is 0 Å². The van der Waals surface area contributed by atoms with Gasteiger partial charge in [-0.3, -0.25) is 0 Å². The predicted octanol–water partition coefficient (Wildman–Crippen LogP) is 3.91. The van der Waals surface area contributed by atoms with E-state index in [1.54, 1.807) is 0 Å². The van der Waals surface area contributed by atoms with Crippen molar-refractivity contribution in [2.24, 2.45) is 0 Å². The fraction of sp³-hybridized carbons (Fsp3) is 0.0526. The van der Waals surface area contributed by atoms with Crippen LogP contribution in [0, 0.1) is 18.6 Å². The van der Waals surface area contributed by atoms with Crippen molar-refractivity contribution in [2.45, 2.75) is 6.92 Å². The molecule has 0 spiro atoms. The second-order valence-electron chi connectivity index (χ2n) is 5.40. The minimum Gasteiger partial charge on any atom is -0.309 e. The van der Waals surface area contributed by atoms with E-state index in [0.717, 1.165) is 5.56 Å². The maximum atomic E-state index is 13.9. The molecule has 0 bridgehead atoms. The molecule has 1 nitrogen and oxygen atoms in total. The molecule has 0 aliphatic heterocycles. The Hall–Kier alpha value is -2.25. The van der Waals surface area contributed by atoms with E-state index in [2.05, 4.69) is 0 Å². The summed E-state index contributed by atoms with van der Waals surface area (Å²) in [7, 11) is -3.17. The Morgan fingerprint density at radius 3 is 1.26 bits per heavy atom. The summed E-state index contributed by atoms with van der Waals surface area (Å²) < 4.78 is 40.4. The van der Waals surface area contributed by atoms with Gasteiger partial charge in [0, 0.05) is 15.9 Å². The topological polar surface area (TPSA) is 17.1 Å². The predicted molar refractivity (Wildman–Crippen MR) is 90.5 cm³/mol. The van der Waals surface area contributed by atoms with E-state index in [9.17, 15) is 13.3 Å². The lowest BCUT2D eigenvalue weighted by Gasteiger charge is -2.20. The quantitative estimate of drug-likeness (QED) is 0.666. The minimum absolute atomic E-state index is 0.386. The fourth-order valence-electron chi connectivity index (χ4n) is 2.50. The zero-order valence-electron chi connectivity index (χ0n) is 12.5. The van der Waals surface area contributed by atoms with E-state index in [1.807, 2.05) is 31.2 Å². The Kier molecular flexibility index (Phi) is 4.14. The second-order valence-corrected chi connectivity index (χ2v) is 8.17. The normalized spacial score (nSPS) is 11.4. The van der Waals surface area contributed by atoms with Crippen molar-refractivity contribution in [1.29, 1.82) is 0 Å². The van der Waals surface area contributed by atoms with Gasteiger partial charge in [-0.15, -0.1) is 0 Å². The summed E-state index contributed by atoms with van der Waals surface area (Å²) in [5.41, 5.74) is 1.05. The molecule has 0 aliphatic carbocycles. The Balaban J connectivity index is 2.24. The molecule has 116 valence electrons. The van der Waals surface area contributed by atoms with Crippen molar-refractivity contribution in [1.82, 2.24) is 0 Å². The molecule has 23 heavy (non-hydrogen) atoms. The van der Waals surface area contributed by atoms with Gasteiger partial charge in [-0.05, 0) is 55.5 Å². The Morgan fingerprint density at radius 1 is 0.609 bits per heavy atom. The SMILES string of the molecule is Cc1ccc(P(=O)(c2ccc(F)cc2)c2ccc(F)cc2)cc1. The average molecular weight is 328 g/mol. The largest absolute Gasteiger partial charge is 0.309 e. The van der Waals surface area contributed by atoms with Gasteiger partial charge < -0.3 is 4.57 Å². The molecule has 0 N–H and O–H groups in total. The number of hydrogen-bond donors (Lipinski definition) is 0.